The summed E-state index contributed by atoms with van der Waals surface area (Å²) >= 11 is 0. The van der Waals surface area contributed by atoms with Crippen molar-refractivity contribution in [3.05, 3.63) is 17.5 Å². The molecule has 1 aromatic rings. The van der Waals surface area contributed by atoms with E-state index in [0.29, 0.717) is 18.7 Å². The topological polar surface area (TPSA) is 146 Å². The highest BCUT2D eigenvalue weighted by Gasteiger charge is 2.58. The number of carbonyl (C=O) groups is 2. The minimum Gasteiger partial charge on any atom is -0.458 e. The molecular formula is C27H43N3O7. The molecule has 1 aromatic heterocycles. The third-order valence-corrected chi connectivity index (χ3v) is 8.68. The Bertz CT molecular complexity index is 963. The van der Waals surface area contributed by atoms with Crippen LogP contribution in [-0.4, -0.2) is 85.3 Å². The minimum atomic E-state index is -1.27. The first-order valence-corrected chi connectivity index (χ1v) is 13.3. The van der Waals surface area contributed by atoms with Gasteiger partial charge >= 0.3 is 5.97 Å². The number of β-amino-alcohol motifs (C(OH)–C–C–N with tert-alkyl or cyclic N) is 1. The molecule has 10 heteroatoms. The maximum absolute atomic E-state index is 13.3. The number of aliphatic hydroxyl groups excluding tert-OH is 3. The maximum Gasteiger partial charge on any atom is 0.309 e. The zero-order chi connectivity index (χ0) is 27.5. The van der Waals surface area contributed by atoms with E-state index in [1.165, 1.54) is 6.20 Å². The molecule has 0 radical (unpaired) electrons. The maximum atomic E-state index is 13.3. The SMILES string of the molecule is C/C(=C\c1cnon1)[C@@H]1C[C@@H]2N(CCO)[C@]2(C)CCC[C@H](C)[C@H](O)[C@@H](C)C(=O)C(C)(C)[C@@H](O)CC(=O)O1. The number of esters is 1. The van der Waals surface area contributed by atoms with Gasteiger partial charge in [-0.15, -0.1) is 0 Å². The Kier molecular flexibility index (Phi) is 9.32. The van der Waals surface area contributed by atoms with Gasteiger partial charge < -0.3 is 20.1 Å². The summed E-state index contributed by atoms with van der Waals surface area (Å²) in [6.07, 6.45) is 3.07. The molecule has 2 fully saturated rings. The summed E-state index contributed by atoms with van der Waals surface area (Å²) in [6.45, 7) is 11.4. The van der Waals surface area contributed by atoms with Crippen molar-refractivity contribution in [3.63, 3.8) is 0 Å². The zero-order valence-corrected chi connectivity index (χ0v) is 22.9. The Morgan fingerprint density at radius 2 is 1.95 bits per heavy atom. The summed E-state index contributed by atoms with van der Waals surface area (Å²) in [5.74, 6) is -1.69. The van der Waals surface area contributed by atoms with Crippen LogP contribution < -0.4 is 0 Å². The molecule has 3 N–H and O–H groups in total. The third kappa shape index (κ3) is 6.47. The monoisotopic (exact) mass is 521 g/mol. The first kappa shape index (κ1) is 29.4. The molecule has 3 rings (SSSR count). The van der Waals surface area contributed by atoms with E-state index in [9.17, 15) is 24.9 Å². The Morgan fingerprint density at radius 3 is 2.57 bits per heavy atom. The van der Waals surface area contributed by atoms with Crippen molar-refractivity contribution in [3.8, 4) is 0 Å². The molecule has 0 aromatic carbocycles. The van der Waals surface area contributed by atoms with Gasteiger partial charge in [0.15, 0.2) is 0 Å². The number of cyclic esters (lactones) is 1. The summed E-state index contributed by atoms with van der Waals surface area (Å²) in [7, 11) is 0. The van der Waals surface area contributed by atoms with Gasteiger partial charge in [0, 0.05) is 30.5 Å². The van der Waals surface area contributed by atoms with Crippen LogP contribution in [0.15, 0.2) is 16.4 Å². The fourth-order valence-corrected chi connectivity index (χ4v) is 5.85. The fourth-order valence-electron chi connectivity index (χ4n) is 5.85. The molecule has 2 aliphatic heterocycles. The van der Waals surface area contributed by atoms with E-state index in [0.717, 1.165) is 24.8 Å². The highest BCUT2D eigenvalue weighted by molar-refractivity contribution is 5.88. The molecule has 0 spiro atoms. The lowest BCUT2D eigenvalue weighted by atomic mass is 9.73. The van der Waals surface area contributed by atoms with Crippen LogP contribution in [0.2, 0.25) is 0 Å². The number of fused-ring (bicyclic) bond motifs is 1. The van der Waals surface area contributed by atoms with Crippen LogP contribution in [0.5, 0.6) is 0 Å². The molecule has 208 valence electrons. The summed E-state index contributed by atoms with van der Waals surface area (Å²) in [4.78, 5) is 28.5. The predicted octanol–water partition coefficient (Wildman–Crippen LogP) is 2.37. The molecule has 0 bridgehead atoms. The minimum absolute atomic E-state index is 0.0198. The van der Waals surface area contributed by atoms with Gasteiger partial charge in [0.2, 0.25) is 0 Å². The van der Waals surface area contributed by atoms with E-state index in [1.54, 1.807) is 26.8 Å². The molecule has 2 saturated heterocycles. The molecule has 37 heavy (non-hydrogen) atoms. The van der Waals surface area contributed by atoms with Gasteiger partial charge in [0.25, 0.3) is 0 Å². The number of aromatic nitrogens is 2. The van der Waals surface area contributed by atoms with Crippen molar-refractivity contribution < 1.29 is 34.3 Å². The Labute approximate surface area is 219 Å². The number of hydrogen-bond donors (Lipinski definition) is 3. The Morgan fingerprint density at radius 1 is 1.24 bits per heavy atom. The fraction of sp³-hybridized carbons (Fsp3) is 0.778. The van der Waals surface area contributed by atoms with Crippen molar-refractivity contribution in [1.82, 2.24) is 15.2 Å². The largest absolute Gasteiger partial charge is 0.458 e. The highest BCUT2D eigenvalue weighted by Crippen LogP contribution is 2.48. The lowest BCUT2D eigenvalue weighted by molar-refractivity contribution is -0.154. The number of Topliss-reactive ketones (excluding diaryl/α,β-unsaturated/α-hetero) is 1. The normalized spacial score (nSPS) is 38.1. The van der Waals surface area contributed by atoms with E-state index in [4.69, 9.17) is 4.74 Å². The van der Waals surface area contributed by atoms with Crippen molar-refractivity contribution in [2.75, 3.05) is 13.2 Å². The Balaban J connectivity index is 1.92. The van der Waals surface area contributed by atoms with Crippen molar-refractivity contribution in [2.24, 2.45) is 17.3 Å². The van der Waals surface area contributed by atoms with Crippen LogP contribution in [0, 0.1) is 17.3 Å². The first-order valence-electron chi connectivity index (χ1n) is 13.3. The van der Waals surface area contributed by atoms with Crippen LogP contribution in [0.3, 0.4) is 0 Å². The van der Waals surface area contributed by atoms with Gasteiger partial charge in [0.05, 0.1) is 36.8 Å². The van der Waals surface area contributed by atoms with Gasteiger partial charge in [-0.2, -0.15) is 0 Å². The molecule has 0 saturated carbocycles. The second kappa shape index (κ2) is 11.7. The zero-order valence-electron chi connectivity index (χ0n) is 22.9. The van der Waals surface area contributed by atoms with E-state index >= 15 is 0 Å². The summed E-state index contributed by atoms with van der Waals surface area (Å²) in [5.41, 5.74) is -0.178. The molecule has 0 amide bonds. The average Bonchev–Trinajstić information content (AvgIpc) is 3.15. The van der Waals surface area contributed by atoms with Crippen molar-refractivity contribution >= 4 is 17.8 Å². The highest BCUT2D eigenvalue weighted by atomic mass is 16.6. The molecule has 10 nitrogen and oxygen atoms in total. The summed E-state index contributed by atoms with van der Waals surface area (Å²) in [5, 5.41) is 38.9. The molecule has 8 atom stereocenters. The van der Waals surface area contributed by atoms with Gasteiger partial charge in [-0.25, -0.2) is 4.63 Å². The second-order valence-corrected chi connectivity index (χ2v) is 11.7. The van der Waals surface area contributed by atoms with Gasteiger partial charge in [-0.1, -0.05) is 44.4 Å². The van der Waals surface area contributed by atoms with E-state index in [2.05, 4.69) is 26.8 Å². The van der Waals surface area contributed by atoms with Crippen LogP contribution in [0.4, 0.5) is 0 Å². The Hall–Kier alpha value is -2.14. The van der Waals surface area contributed by atoms with Gasteiger partial charge in [-0.3, -0.25) is 14.5 Å². The second-order valence-electron chi connectivity index (χ2n) is 11.7. The number of aliphatic hydroxyl groups is 3. The van der Waals surface area contributed by atoms with Crippen molar-refractivity contribution in [2.45, 2.75) is 104 Å². The van der Waals surface area contributed by atoms with E-state index < -0.39 is 35.6 Å². The van der Waals surface area contributed by atoms with Gasteiger partial charge in [-0.05, 0) is 44.3 Å². The quantitative estimate of drug-likeness (QED) is 0.399. The number of ketones is 1. The van der Waals surface area contributed by atoms with E-state index in [1.807, 2.05) is 13.8 Å². The predicted molar refractivity (Wildman–Crippen MR) is 136 cm³/mol. The third-order valence-electron chi connectivity index (χ3n) is 8.68. The van der Waals surface area contributed by atoms with Crippen LogP contribution in [-0.2, 0) is 14.3 Å². The molecular weight excluding hydrogens is 478 g/mol. The molecule has 0 aliphatic carbocycles. The smallest absolute Gasteiger partial charge is 0.309 e. The molecule has 2 aliphatic rings. The number of nitrogens with zero attached hydrogens (tertiary/aromatic N) is 3. The lowest BCUT2D eigenvalue weighted by Crippen LogP contribution is -2.45. The first-order chi connectivity index (χ1) is 17.3. The van der Waals surface area contributed by atoms with E-state index in [-0.39, 0.29) is 36.3 Å². The number of rotatable bonds is 4. The van der Waals surface area contributed by atoms with Crippen molar-refractivity contribution in [1.29, 1.82) is 0 Å². The van der Waals surface area contributed by atoms with Crippen LogP contribution in [0.1, 0.15) is 79.3 Å². The lowest BCUT2D eigenvalue weighted by Gasteiger charge is -2.34. The van der Waals surface area contributed by atoms with Gasteiger partial charge in [0.1, 0.15) is 17.6 Å². The summed E-state index contributed by atoms with van der Waals surface area (Å²) in [6, 6.07) is 0.0752. The molecule has 1 unspecified atom stereocenters. The van der Waals surface area contributed by atoms with Crippen LogP contribution in [0.25, 0.3) is 6.08 Å². The standard InChI is InChI=1S/C27H43N3O7/c1-16-8-7-9-27(6)21(30(27)10-11-31)13-20(17(2)12-19-15-28-37-29-19)36-23(33)14-22(32)26(4,5)25(35)18(3)24(16)34/h12,15-16,18,20-22,24,31-32,34H,7-11,13-14H2,1-6H3/b17-12+/t16-,18+,20-,21-,22-,24-,27+,30?/m0/s1. The number of carbonyl (C=O) groups excluding carboxylic acids is 2. The average molecular weight is 522 g/mol. The summed E-state index contributed by atoms with van der Waals surface area (Å²) < 4.78 is 10.6. The number of hydrogen-bond acceptors (Lipinski definition) is 10. The van der Waals surface area contributed by atoms with Crippen LogP contribution >= 0.6 is 0 Å². The number of ether oxygens (including phenoxy) is 1. The molecule has 3 heterocycles.